The van der Waals surface area contributed by atoms with Gasteiger partial charge in [0, 0.05) is 32.8 Å². The van der Waals surface area contributed by atoms with Gasteiger partial charge in [0.25, 0.3) is 0 Å². The number of benzene rings is 1. The molecule has 4 heteroatoms. The Morgan fingerprint density at radius 2 is 1.95 bits per heavy atom. The number of hydrogen-bond acceptors (Lipinski definition) is 3. The molecule has 0 radical (unpaired) electrons. The van der Waals surface area contributed by atoms with Crippen molar-refractivity contribution in [3.05, 3.63) is 29.6 Å². The van der Waals surface area contributed by atoms with Crippen molar-refractivity contribution in [1.82, 2.24) is 5.32 Å². The zero-order chi connectivity index (χ0) is 15.2. The van der Waals surface area contributed by atoms with E-state index in [0.29, 0.717) is 6.10 Å². The zero-order valence-corrected chi connectivity index (χ0v) is 13.3. The average Bonchev–Trinajstić information content (AvgIpc) is 2.90. The fourth-order valence-electron chi connectivity index (χ4n) is 3.40. The van der Waals surface area contributed by atoms with Crippen molar-refractivity contribution in [2.24, 2.45) is 0 Å². The highest BCUT2D eigenvalue weighted by Crippen LogP contribution is 2.24. The summed E-state index contributed by atoms with van der Waals surface area (Å²) in [7, 11) is 0. The molecule has 1 N–H and O–H groups in total. The van der Waals surface area contributed by atoms with Gasteiger partial charge in [-0.3, -0.25) is 0 Å². The molecule has 2 aliphatic heterocycles. The molecule has 1 atom stereocenters. The molecule has 122 valence electrons. The summed E-state index contributed by atoms with van der Waals surface area (Å²) in [6, 6.07) is 5.52. The predicted octanol–water partition coefficient (Wildman–Crippen LogP) is 3.47. The first-order valence-electron chi connectivity index (χ1n) is 8.68. The molecule has 2 aliphatic rings. The largest absolute Gasteiger partial charge is 0.377 e. The van der Waals surface area contributed by atoms with E-state index in [9.17, 15) is 4.39 Å². The fraction of sp³-hybridized carbons (Fsp3) is 0.667. The second-order valence-corrected chi connectivity index (χ2v) is 6.45. The van der Waals surface area contributed by atoms with Crippen molar-refractivity contribution in [1.29, 1.82) is 0 Å². The molecule has 0 bridgehead atoms. The summed E-state index contributed by atoms with van der Waals surface area (Å²) in [6.07, 6.45) is 7.53. The van der Waals surface area contributed by atoms with Crippen LogP contribution in [0.15, 0.2) is 18.2 Å². The van der Waals surface area contributed by atoms with E-state index < -0.39 is 0 Å². The maximum Gasteiger partial charge on any atom is 0.146 e. The highest BCUT2D eigenvalue weighted by Gasteiger charge is 2.16. The Morgan fingerprint density at radius 1 is 1.14 bits per heavy atom. The van der Waals surface area contributed by atoms with Gasteiger partial charge in [-0.1, -0.05) is 18.9 Å². The fourth-order valence-corrected chi connectivity index (χ4v) is 3.40. The van der Waals surface area contributed by atoms with Crippen LogP contribution in [0.4, 0.5) is 10.1 Å². The molecular formula is C18H27FN2O. The van der Waals surface area contributed by atoms with Crippen LogP contribution in [-0.2, 0) is 11.3 Å². The monoisotopic (exact) mass is 306 g/mol. The normalized spacial score (nSPS) is 22.8. The summed E-state index contributed by atoms with van der Waals surface area (Å²) in [6.45, 7) is 4.51. The van der Waals surface area contributed by atoms with E-state index in [1.165, 1.54) is 32.1 Å². The van der Waals surface area contributed by atoms with E-state index in [4.69, 9.17) is 4.74 Å². The van der Waals surface area contributed by atoms with Crippen LogP contribution in [0.25, 0.3) is 0 Å². The van der Waals surface area contributed by atoms with Crippen LogP contribution in [0.3, 0.4) is 0 Å². The van der Waals surface area contributed by atoms with Crippen LogP contribution >= 0.6 is 0 Å². The molecular weight excluding hydrogens is 279 g/mol. The van der Waals surface area contributed by atoms with Gasteiger partial charge in [-0.2, -0.15) is 0 Å². The SMILES string of the molecule is Fc1ccc(CNCC2CCCO2)cc1N1CCCCCC1. The Hall–Kier alpha value is -1.13. The molecule has 2 heterocycles. The molecule has 1 aromatic rings. The third-order valence-electron chi connectivity index (χ3n) is 4.68. The minimum atomic E-state index is -0.0928. The molecule has 0 saturated carbocycles. The van der Waals surface area contributed by atoms with Crippen LogP contribution in [-0.4, -0.2) is 32.3 Å². The molecule has 0 aromatic heterocycles. The Bertz CT molecular complexity index is 466. The molecule has 0 aliphatic carbocycles. The first-order chi connectivity index (χ1) is 10.8. The summed E-state index contributed by atoms with van der Waals surface area (Å²) in [5.74, 6) is -0.0928. The van der Waals surface area contributed by atoms with Gasteiger partial charge in [0.05, 0.1) is 11.8 Å². The number of nitrogens with zero attached hydrogens (tertiary/aromatic N) is 1. The van der Waals surface area contributed by atoms with Crippen LogP contribution < -0.4 is 10.2 Å². The molecule has 2 saturated heterocycles. The van der Waals surface area contributed by atoms with Crippen molar-refractivity contribution >= 4 is 5.69 Å². The van der Waals surface area contributed by atoms with Crippen molar-refractivity contribution in [3.63, 3.8) is 0 Å². The predicted molar refractivity (Wildman–Crippen MR) is 87.8 cm³/mol. The maximum atomic E-state index is 14.2. The lowest BCUT2D eigenvalue weighted by Crippen LogP contribution is -2.27. The van der Waals surface area contributed by atoms with E-state index >= 15 is 0 Å². The lowest BCUT2D eigenvalue weighted by molar-refractivity contribution is 0.110. The van der Waals surface area contributed by atoms with Crippen LogP contribution in [0, 0.1) is 5.82 Å². The first-order valence-corrected chi connectivity index (χ1v) is 8.68. The Balaban J connectivity index is 1.58. The summed E-state index contributed by atoms with van der Waals surface area (Å²) < 4.78 is 19.8. The second kappa shape index (κ2) is 7.93. The standard InChI is InChI=1S/C18H27FN2O/c19-17-8-7-15(13-20-14-16-6-5-11-22-16)12-18(17)21-9-3-1-2-4-10-21/h7-8,12,16,20H,1-6,9-11,13-14H2. The smallest absolute Gasteiger partial charge is 0.146 e. The van der Waals surface area contributed by atoms with Crippen LogP contribution in [0.5, 0.6) is 0 Å². The summed E-state index contributed by atoms with van der Waals surface area (Å²) in [5, 5.41) is 3.44. The highest BCUT2D eigenvalue weighted by molar-refractivity contribution is 5.50. The van der Waals surface area contributed by atoms with Gasteiger partial charge in [-0.25, -0.2) is 4.39 Å². The lowest BCUT2D eigenvalue weighted by Gasteiger charge is -2.24. The van der Waals surface area contributed by atoms with E-state index in [1.807, 2.05) is 12.1 Å². The van der Waals surface area contributed by atoms with Gasteiger partial charge in [-0.15, -0.1) is 0 Å². The molecule has 2 fully saturated rings. The molecule has 3 nitrogen and oxygen atoms in total. The first kappa shape index (κ1) is 15.8. The Labute approximate surface area is 132 Å². The third kappa shape index (κ3) is 4.20. The molecule has 1 unspecified atom stereocenters. The zero-order valence-electron chi connectivity index (χ0n) is 13.3. The molecule has 3 rings (SSSR count). The molecule has 22 heavy (non-hydrogen) atoms. The summed E-state index contributed by atoms with van der Waals surface area (Å²) in [4.78, 5) is 2.21. The minimum absolute atomic E-state index is 0.0928. The Kier molecular flexibility index (Phi) is 5.68. The number of nitrogens with one attached hydrogen (secondary N) is 1. The second-order valence-electron chi connectivity index (χ2n) is 6.45. The van der Waals surface area contributed by atoms with E-state index in [-0.39, 0.29) is 5.82 Å². The van der Waals surface area contributed by atoms with Gasteiger partial charge >= 0.3 is 0 Å². The third-order valence-corrected chi connectivity index (χ3v) is 4.68. The molecule has 1 aromatic carbocycles. The van der Waals surface area contributed by atoms with Crippen LogP contribution in [0.2, 0.25) is 0 Å². The minimum Gasteiger partial charge on any atom is -0.377 e. The summed E-state index contributed by atoms with van der Waals surface area (Å²) in [5.41, 5.74) is 1.93. The van der Waals surface area contributed by atoms with Gasteiger partial charge in [0.15, 0.2) is 0 Å². The quantitative estimate of drug-likeness (QED) is 0.901. The number of ether oxygens (including phenoxy) is 1. The van der Waals surface area contributed by atoms with Gasteiger partial charge in [0.2, 0.25) is 0 Å². The Morgan fingerprint density at radius 3 is 2.68 bits per heavy atom. The van der Waals surface area contributed by atoms with Gasteiger partial charge in [0.1, 0.15) is 5.82 Å². The van der Waals surface area contributed by atoms with Crippen molar-refractivity contribution < 1.29 is 9.13 Å². The van der Waals surface area contributed by atoms with Crippen molar-refractivity contribution in [2.45, 2.75) is 51.2 Å². The average molecular weight is 306 g/mol. The van der Waals surface area contributed by atoms with Crippen molar-refractivity contribution in [2.75, 3.05) is 31.1 Å². The number of anilines is 1. The molecule has 0 spiro atoms. The van der Waals surface area contributed by atoms with Gasteiger partial charge in [-0.05, 0) is 43.4 Å². The van der Waals surface area contributed by atoms with E-state index in [1.54, 1.807) is 6.07 Å². The number of halogens is 1. The van der Waals surface area contributed by atoms with Crippen LogP contribution in [0.1, 0.15) is 44.1 Å². The topological polar surface area (TPSA) is 24.5 Å². The lowest BCUT2D eigenvalue weighted by atomic mass is 10.1. The molecule has 0 amide bonds. The summed E-state index contributed by atoms with van der Waals surface area (Å²) >= 11 is 0. The van der Waals surface area contributed by atoms with Gasteiger partial charge < -0.3 is 15.0 Å². The van der Waals surface area contributed by atoms with E-state index in [2.05, 4.69) is 10.2 Å². The maximum absolute atomic E-state index is 14.2. The van der Waals surface area contributed by atoms with Crippen molar-refractivity contribution in [3.8, 4) is 0 Å². The number of rotatable bonds is 5. The highest BCUT2D eigenvalue weighted by atomic mass is 19.1. The number of hydrogen-bond donors (Lipinski definition) is 1. The van der Waals surface area contributed by atoms with E-state index in [0.717, 1.165) is 50.5 Å².